The fraction of sp³-hybridized carbons (Fsp3) is 0.250. The number of allylic oxidation sites excluding steroid dienone is 1. The Morgan fingerprint density at radius 1 is 1.44 bits per heavy atom. The highest BCUT2D eigenvalue weighted by Crippen LogP contribution is 2.31. The van der Waals surface area contributed by atoms with Crippen molar-refractivity contribution in [3.8, 4) is 0 Å². The van der Waals surface area contributed by atoms with Gasteiger partial charge >= 0.3 is 6.18 Å². The second-order valence-electron chi connectivity index (χ2n) is 4.20. The Morgan fingerprint density at radius 3 is 2.67 bits per heavy atom. The van der Waals surface area contributed by atoms with Gasteiger partial charge in [-0.2, -0.15) is 13.2 Å². The summed E-state index contributed by atoms with van der Waals surface area (Å²) in [6, 6.07) is 3.55. The third kappa shape index (κ3) is 2.33. The van der Waals surface area contributed by atoms with Crippen LogP contribution in [-0.2, 0) is 12.7 Å². The second kappa shape index (κ2) is 4.28. The molecule has 0 spiro atoms. The lowest BCUT2D eigenvalue weighted by Gasteiger charge is -2.07. The van der Waals surface area contributed by atoms with Gasteiger partial charge in [-0.15, -0.1) is 0 Å². The van der Waals surface area contributed by atoms with E-state index >= 15 is 0 Å². The van der Waals surface area contributed by atoms with E-state index in [0.717, 1.165) is 17.7 Å². The van der Waals surface area contributed by atoms with Crippen LogP contribution in [0.25, 0.3) is 11.0 Å². The van der Waals surface area contributed by atoms with Crippen LogP contribution in [0.5, 0.6) is 0 Å². The van der Waals surface area contributed by atoms with Gasteiger partial charge in [-0.1, -0.05) is 12.2 Å². The number of fused-ring (bicyclic) bond motifs is 1. The van der Waals surface area contributed by atoms with Crippen molar-refractivity contribution < 1.29 is 13.2 Å². The Labute approximate surface area is 107 Å². The van der Waals surface area contributed by atoms with Crippen LogP contribution in [-0.4, -0.2) is 9.55 Å². The number of hydrogen-bond acceptors (Lipinski definition) is 1. The number of nitrogens with zero attached hydrogens (tertiary/aromatic N) is 1. The van der Waals surface area contributed by atoms with Crippen LogP contribution in [0, 0.1) is 4.77 Å². The van der Waals surface area contributed by atoms with Gasteiger partial charge in [0.1, 0.15) is 0 Å². The number of aromatic nitrogens is 2. The lowest BCUT2D eigenvalue weighted by Crippen LogP contribution is -2.04. The van der Waals surface area contributed by atoms with Gasteiger partial charge in [0.2, 0.25) is 0 Å². The third-order valence-electron chi connectivity index (χ3n) is 2.53. The predicted molar refractivity (Wildman–Crippen MR) is 66.9 cm³/mol. The van der Waals surface area contributed by atoms with Crippen LogP contribution in [0.3, 0.4) is 0 Å². The van der Waals surface area contributed by atoms with Crippen LogP contribution < -0.4 is 0 Å². The molecule has 0 aliphatic rings. The molecule has 2 nitrogen and oxygen atoms in total. The van der Waals surface area contributed by atoms with Gasteiger partial charge in [-0.05, 0) is 37.3 Å². The first-order chi connectivity index (χ1) is 8.29. The highest BCUT2D eigenvalue weighted by molar-refractivity contribution is 7.71. The van der Waals surface area contributed by atoms with Gasteiger partial charge < -0.3 is 9.55 Å². The van der Waals surface area contributed by atoms with Gasteiger partial charge in [0.15, 0.2) is 4.77 Å². The molecule has 0 unspecified atom stereocenters. The van der Waals surface area contributed by atoms with E-state index in [9.17, 15) is 13.2 Å². The minimum Gasteiger partial charge on any atom is -0.331 e. The molecule has 1 N–H and O–H groups in total. The smallest absolute Gasteiger partial charge is 0.331 e. The molecule has 1 heterocycles. The highest BCUT2D eigenvalue weighted by atomic mass is 32.1. The molecule has 0 saturated heterocycles. The van der Waals surface area contributed by atoms with Crippen molar-refractivity contribution in [2.75, 3.05) is 0 Å². The minimum absolute atomic E-state index is 0.385. The van der Waals surface area contributed by atoms with E-state index in [2.05, 4.69) is 11.6 Å². The number of H-pyrrole nitrogens is 1. The Hall–Kier alpha value is -1.56. The summed E-state index contributed by atoms with van der Waals surface area (Å²) >= 11 is 5.09. The van der Waals surface area contributed by atoms with Crippen molar-refractivity contribution in [1.82, 2.24) is 9.55 Å². The fourth-order valence-corrected chi connectivity index (χ4v) is 2.04. The Balaban J connectivity index is 2.62. The van der Waals surface area contributed by atoms with Crippen molar-refractivity contribution in [3.05, 3.63) is 40.7 Å². The molecule has 0 atom stereocenters. The van der Waals surface area contributed by atoms with E-state index in [-0.39, 0.29) is 0 Å². The zero-order valence-electron chi connectivity index (χ0n) is 9.64. The average molecular weight is 272 g/mol. The molecule has 1 aromatic heterocycles. The Morgan fingerprint density at radius 2 is 2.11 bits per heavy atom. The number of hydrogen-bond donors (Lipinski definition) is 1. The molecule has 0 radical (unpaired) electrons. The van der Waals surface area contributed by atoms with Crippen LogP contribution in [0.2, 0.25) is 0 Å². The molecule has 0 amide bonds. The van der Waals surface area contributed by atoms with E-state index in [1.807, 2.05) is 6.92 Å². The molecular formula is C12H11F3N2S. The lowest BCUT2D eigenvalue weighted by molar-refractivity contribution is -0.137. The van der Waals surface area contributed by atoms with E-state index in [1.54, 1.807) is 4.57 Å². The van der Waals surface area contributed by atoms with Crippen LogP contribution in [0.15, 0.2) is 30.4 Å². The Bertz CT molecular complexity index is 664. The normalized spacial score (nSPS) is 12.0. The molecular weight excluding hydrogens is 261 g/mol. The summed E-state index contributed by atoms with van der Waals surface area (Å²) in [7, 11) is 0. The van der Waals surface area contributed by atoms with Gasteiger partial charge in [0.25, 0.3) is 0 Å². The first kappa shape index (κ1) is 12.9. The molecule has 6 heteroatoms. The first-order valence-corrected chi connectivity index (χ1v) is 5.64. The average Bonchev–Trinajstić information content (AvgIpc) is 2.53. The summed E-state index contributed by atoms with van der Waals surface area (Å²) < 4.78 is 39.8. The van der Waals surface area contributed by atoms with Gasteiger partial charge in [0, 0.05) is 6.54 Å². The summed E-state index contributed by atoms with van der Waals surface area (Å²) in [5.74, 6) is 0. The number of rotatable bonds is 2. The monoisotopic (exact) mass is 272 g/mol. The zero-order chi connectivity index (χ0) is 13.5. The van der Waals surface area contributed by atoms with Gasteiger partial charge in [-0.3, -0.25) is 0 Å². The lowest BCUT2D eigenvalue weighted by atomic mass is 10.2. The molecule has 18 heavy (non-hydrogen) atoms. The summed E-state index contributed by atoms with van der Waals surface area (Å²) in [4.78, 5) is 2.78. The number of nitrogens with one attached hydrogen (secondary N) is 1. The fourth-order valence-electron chi connectivity index (χ4n) is 1.77. The highest BCUT2D eigenvalue weighted by Gasteiger charge is 2.30. The van der Waals surface area contributed by atoms with Crippen LogP contribution in [0.4, 0.5) is 13.2 Å². The second-order valence-corrected chi connectivity index (χ2v) is 4.59. The predicted octanol–water partition coefficient (Wildman–Crippen LogP) is 4.29. The van der Waals surface area contributed by atoms with E-state index in [4.69, 9.17) is 12.2 Å². The summed E-state index contributed by atoms with van der Waals surface area (Å²) in [6.07, 6.45) is -4.35. The maximum atomic E-state index is 12.6. The van der Waals surface area contributed by atoms with Crippen molar-refractivity contribution in [2.45, 2.75) is 19.6 Å². The molecule has 2 aromatic rings. The maximum absolute atomic E-state index is 12.6. The van der Waals surface area contributed by atoms with E-state index < -0.39 is 11.7 Å². The summed E-state index contributed by atoms with van der Waals surface area (Å²) in [5, 5.41) is 0. The first-order valence-electron chi connectivity index (χ1n) is 5.23. The summed E-state index contributed by atoms with van der Waals surface area (Å²) in [5.41, 5.74) is 1.23. The van der Waals surface area contributed by atoms with Crippen LogP contribution in [0.1, 0.15) is 12.5 Å². The van der Waals surface area contributed by atoms with Crippen molar-refractivity contribution in [3.63, 3.8) is 0 Å². The number of imidazole rings is 1. The van der Waals surface area contributed by atoms with Crippen molar-refractivity contribution in [2.24, 2.45) is 0 Å². The van der Waals surface area contributed by atoms with Gasteiger partial charge in [-0.25, -0.2) is 0 Å². The number of alkyl halides is 3. The van der Waals surface area contributed by atoms with E-state index in [1.165, 1.54) is 6.07 Å². The number of halogens is 3. The molecule has 0 saturated carbocycles. The minimum atomic E-state index is -4.35. The standard InChI is InChI=1S/C12H11F3N2S/c1-7(2)6-17-10-4-3-8(12(13,14)15)5-9(10)16-11(17)18/h3-5H,1,6H2,2H3,(H,16,18). The quantitative estimate of drug-likeness (QED) is 0.638. The van der Waals surface area contributed by atoms with Crippen molar-refractivity contribution in [1.29, 1.82) is 0 Å². The zero-order valence-corrected chi connectivity index (χ0v) is 10.5. The molecule has 0 fully saturated rings. The SMILES string of the molecule is C=C(C)Cn1c(=S)[nH]c2cc(C(F)(F)F)ccc21. The third-order valence-corrected chi connectivity index (χ3v) is 2.85. The van der Waals surface area contributed by atoms with Crippen molar-refractivity contribution >= 4 is 23.3 Å². The van der Waals surface area contributed by atoms with E-state index in [0.29, 0.717) is 22.3 Å². The topological polar surface area (TPSA) is 20.7 Å². The Kier molecular flexibility index (Phi) is 3.06. The molecule has 0 aliphatic carbocycles. The molecule has 0 aliphatic heterocycles. The van der Waals surface area contributed by atoms with Gasteiger partial charge in [0.05, 0.1) is 16.6 Å². The molecule has 96 valence electrons. The van der Waals surface area contributed by atoms with Crippen LogP contribution >= 0.6 is 12.2 Å². The molecule has 1 aromatic carbocycles. The number of benzene rings is 1. The number of aromatic amines is 1. The largest absolute Gasteiger partial charge is 0.416 e. The molecule has 2 rings (SSSR count). The maximum Gasteiger partial charge on any atom is 0.416 e. The summed E-state index contributed by atoms with van der Waals surface area (Å²) in [6.45, 7) is 6.10. The molecule has 0 bridgehead atoms.